The predicted octanol–water partition coefficient (Wildman–Crippen LogP) is 4.73. The number of hydrogen-bond acceptors (Lipinski definition) is 20. The molecule has 0 atom stereocenters. The number of carbonyl (C=O) groups is 19. The van der Waals surface area contributed by atoms with Crippen LogP contribution in [0.3, 0.4) is 0 Å². The van der Waals surface area contributed by atoms with Crippen LogP contribution in [0, 0.1) is 0 Å². The Morgan fingerprint density at radius 3 is 0.412 bits per heavy atom. The van der Waals surface area contributed by atoms with Crippen LogP contribution in [0.1, 0.15) is 210 Å². The molecule has 0 aliphatic rings. The van der Waals surface area contributed by atoms with Crippen LogP contribution in [0.25, 0.3) is 0 Å². The molecule has 0 saturated heterocycles. The molecule has 0 aliphatic heterocycles. The highest BCUT2D eigenvalue weighted by molar-refractivity contribution is 6.26. The van der Waals surface area contributed by atoms with Crippen molar-refractivity contribution in [3.05, 3.63) is 220 Å². The smallest absolute Gasteiger partial charge is 0.337 e. The summed E-state index contributed by atoms with van der Waals surface area (Å²) in [6, 6.07) is 29.4. The van der Waals surface area contributed by atoms with Gasteiger partial charge in [-0.25, -0.2) is 91.1 Å². The molecule has 0 amide bonds. The van der Waals surface area contributed by atoms with Crippen LogP contribution in [0.15, 0.2) is 103 Å². The topological polar surface area (TPSA) is 698 Å². The molecular weight excluding hydrogens is 1320 g/mol. The van der Waals surface area contributed by atoms with Crippen LogP contribution >= 0.6 is 0 Å². The van der Waals surface area contributed by atoms with Crippen LogP contribution in [-0.2, 0) is 15.1 Å². The highest BCUT2D eigenvalue weighted by atomic mass is 16.6. The van der Waals surface area contributed by atoms with Gasteiger partial charge in [-0.2, -0.15) is 0 Å². The summed E-state index contributed by atoms with van der Waals surface area (Å²) in [5, 5.41) is 162. The lowest BCUT2D eigenvalue weighted by atomic mass is 9.80. The summed E-state index contributed by atoms with van der Waals surface area (Å²) in [5.41, 5.74) is -27.8. The van der Waals surface area contributed by atoms with Gasteiger partial charge >= 0.3 is 113 Å². The number of carboxylic acids is 18. The van der Waals surface area contributed by atoms with Crippen LogP contribution < -0.4 is 0 Å². The minimum Gasteiger partial charge on any atom is -0.478 e. The third-order valence-corrected chi connectivity index (χ3v) is 12.5. The lowest BCUT2D eigenvalue weighted by Gasteiger charge is -2.35. The molecule has 97 heavy (non-hydrogen) atoms. The second-order valence-electron chi connectivity index (χ2n) is 18.2. The summed E-state index contributed by atoms with van der Waals surface area (Å²) in [5.74, 6) is -41.1. The van der Waals surface area contributed by atoms with Crippen molar-refractivity contribution in [2.45, 2.75) is 12.5 Å². The van der Waals surface area contributed by atoms with Crippen LogP contribution in [0.4, 0.5) is 0 Å². The first kappa shape index (κ1) is 76.2. The Labute approximate surface area is 532 Å². The summed E-state index contributed by atoms with van der Waals surface area (Å²) in [6.07, 6.45) is 0. The fraction of sp³-hybridized carbons (Fsp3) is 0.0339. The van der Waals surface area contributed by atoms with Gasteiger partial charge in [0.25, 0.3) is 0 Å². The van der Waals surface area contributed by atoms with E-state index in [0.717, 1.165) is 16.7 Å². The van der Waals surface area contributed by atoms with Crippen molar-refractivity contribution in [1.29, 1.82) is 0 Å². The maximum absolute atomic E-state index is 12.6. The number of carbonyl (C=O) groups excluding carboxylic acids is 1. The van der Waals surface area contributed by atoms with Crippen LogP contribution in [-0.4, -0.2) is 205 Å². The van der Waals surface area contributed by atoms with E-state index in [4.69, 9.17) is 96.7 Å². The van der Waals surface area contributed by atoms with E-state index in [1.807, 2.05) is 91.0 Å². The number of ether oxygens (including phenoxy) is 1. The van der Waals surface area contributed by atoms with E-state index < -0.39 is 219 Å². The molecule has 38 nitrogen and oxygen atoms in total. The summed E-state index contributed by atoms with van der Waals surface area (Å²) in [6.45, 7) is 5.41. The van der Waals surface area contributed by atoms with Gasteiger partial charge in [-0.15, -0.1) is 0 Å². The number of carboxylic acid groups (broad SMARTS) is 18. The Hall–Kier alpha value is -15.0. The van der Waals surface area contributed by atoms with Gasteiger partial charge in [-0.1, -0.05) is 97.6 Å². The Kier molecular flexibility index (Phi) is 24.1. The molecule has 0 fully saturated rings. The molecule has 18 N–H and O–H groups in total. The normalized spacial score (nSPS) is 10.2. The lowest BCUT2D eigenvalue weighted by Crippen LogP contribution is -2.35. The highest BCUT2D eigenvalue weighted by Crippen LogP contribution is 2.41. The Balaban J connectivity index is 0.000000337. The molecule has 0 aliphatic carbocycles. The van der Waals surface area contributed by atoms with Gasteiger partial charge in [0.15, 0.2) is 5.60 Å². The van der Waals surface area contributed by atoms with Crippen LogP contribution in [0.5, 0.6) is 0 Å². The van der Waals surface area contributed by atoms with E-state index in [0.29, 0.717) is 5.57 Å². The van der Waals surface area contributed by atoms with Crippen molar-refractivity contribution in [3.8, 4) is 0 Å². The molecule has 0 radical (unpaired) electrons. The lowest BCUT2D eigenvalue weighted by molar-refractivity contribution is -0.148. The molecular formula is C59H38O38. The van der Waals surface area contributed by atoms with E-state index in [1.165, 1.54) is 0 Å². The zero-order valence-electron chi connectivity index (χ0n) is 47.6. The first-order valence-corrected chi connectivity index (χ1v) is 24.9. The van der Waals surface area contributed by atoms with Gasteiger partial charge in [0.1, 0.15) is 0 Å². The number of rotatable bonds is 23. The number of hydrogen-bond donors (Lipinski definition) is 18. The molecule has 6 rings (SSSR count). The van der Waals surface area contributed by atoms with E-state index >= 15 is 0 Å². The maximum Gasteiger partial charge on any atom is 0.337 e. The molecule has 0 unspecified atom stereocenters. The quantitative estimate of drug-likeness (QED) is 0.0234. The van der Waals surface area contributed by atoms with Gasteiger partial charge in [0.05, 0.1) is 100 Å². The van der Waals surface area contributed by atoms with Crippen molar-refractivity contribution in [2.24, 2.45) is 0 Å². The Morgan fingerprint density at radius 2 is 0.330 bits per heavy atom. The second kappa shape index (κ2) is 30.7. The molecule has 0 spiro atoms. The summed E-state index contributed by atoms with van der Waals surface area (Å²) in [4.78, 5) is 215. The van der Waals surface area contributed by atoms with Crippen LogP contribution in [0.2, 0.25) is 0 Å². The first-order valence-electron chi connectivity index (χ1n) is 24.9. The zero-order chi connectivity index (χ0) is 74.5. The Morgan fingerprint density at radius 1 is 0.227 bits per heavy atom. The molecule has 0 aromatic heterocycles. The minimum atomic E-state index is -2.26. The van der Waals surface area contributed by atoms with Gasteiger partial charge in [-0.3, -0.25) is 0 Å². The molecule has 6 aromatic carbocycles. The third kappa shape index (κ3) is 15.6. The Bertz CT molecular complexity index is 3470. The monoisotopic (exact) mass is 1350 g/mol. The van der Waals surface area contributed by atoms with Crippen molar-refractivity contribution in [3.63, 3.8) is 0 Å². The van der Waals surface area contributed by atoms with E-state index in [2.05, 4.69) is 6.58 Å². The number of benzene rings is 6. The fourth-order valence-corrected chi connectivity index (χ4v) is 9.02. The maximum atomic E-state index is 12.6. The van der Waals surface area contributed by atoms with E-state index in [-0.39, 0.29) is 0 Å². The molecule has 0 heterocycles. The van der Waals surface area contributed by atoms with Gasteiger partial charge in [0.2, 0.25) is 0 Å². The summed E-state index contributed by atoms with van der Waals surface area (Å²) < 4.78 is 6.12. The molecule has 6 aromatic rings. The third-order valence-electron chi connectivity index (χ3n) is 12.5. The molecule has 0 bridgehead atoms. The predicted molar refractivity (Wildman–Crippen MR) is 305 cm³/mol. The molecule has 0 saturated carbocycles. The number of aromatic carboxylic acids is 18. The van der Waals surface area contributed by atoms with Gasteiger partial charge in [0, 0.05) is 22.3 Å². The number of esters is 1. The average molecular weight is 1350 g/mol. The average Bonchev–Trinajstić information content (AvgIpc) is 0.755. The molecule has 502 valence electrons. The zero-order valence-corrected chi connectivity index (χ0v) is 47.6. The highest BCUT2D eigenvalue weighted by Gasteiger charge is 2.45. The summed E-state index contributed by atoms with van der Waals surface area (Å²) in [7, 11) is 0. The van der Waals surface area contributed by atoms with Crippen molar-refractivity contribution in [2.75, 3.05) is 0 Å². The largest absolute Gasteiger partial charge is 0.478 e. The van der Waals surface area contributed by atoms with Crippen molar-refractivity contribution < 1.29 is 188 Å². The fourth-order valence-electron chi connectivity index (χ4n) is 9.02. The standard InChI is InChI=1S/C23H20O2.3C12H6O12/c1-18(2)22(24)25-23(19-12-6-3-7-13-19,20-14-8-4-9-15-20)21-16-10-5-11-17-21;3*13-7(14)1-2(8(15)16)4(10(19)20)6(12(23)24)5(11(21)22)3(1)9(17)18/h3-17H,1H2,2H3;3*(H,13,14)(H,15,16)(H,17,18)(H,19,20)(H,21,22)(H,23,24). The minimum absolute atomic E-state index is 0.368. The molecule has 38 heteroatoms. The first-order chi connectivity index (χ1) is 44.9. The van der Waals surface area contributed by atoms with Gasteiger partial charge < -0.3 is 96.7 Å². The summed E-state index contributed by atoms with van der Waals surface area (Å²) >= 11 is 0. The van der Waals surface area contributed by atoms with E-state index in [9.17, 15) is 91.1 Å². The SMILES string of the molecule is C=C(C)C(=O)OC(c1ccccc1)(c1ccccc1)c1ccccc1.O=C(O)c1c(C(=O)O)c(C(=O)O)c(C(=O)O)c(C(=O)O)c1C(=O)O.O=C(O)c1c(C(=O)O)c(C(=O)O)c(C(=O)O)c(C(=O)O)c1C(=O)O.O=C(O)c1c(C(=O)O)c(C(=O)O)c(C(=O)O)c(C(=O)O)c1C(=O)O. The second-order valence-corrected chi connectivity index (χ2v) is 18.2. The van der Waals surface area contributed by atoms with Gasteiger partial charge in [-0.05, 0) is 6.92 Å². The van der Waals surface area contributed by atoms with E-state index in [1.54, 1.807) is 6.92 Å². The van der Waals surface area contributed by atoms with Crippen molar-refractivity contribution in [1.82, 2.24) is 0 Å². The van der Waals surface area contributed by atoms with Crippen molar-refractivity contribution >= 4 is 113 Å².